The zero-order valence-corrected chi connectivity index (χ0v) is 14.0. The minimum absolute atomic E-state index is 0.0323. The minimum atomic E-state index is -5.02. The topological polar surface area (TPSA) is 86.7 Å². The van der Waals surface area contributed by atoms with Crippen molar-refractivity contribution in [3.05, 3.63) is 42.0 Å². The molecule has 0 bridgehead atoms. The van der Waals surface area contributed by atoms with Gasteiger partial charge in [0.1, 0.15) is 0 Å². The molecule has 0 saturated carbocycles. The smallest absolute Gasteiger partial charge is 0.349 e. The number of hydrogen-bond acceptors (Lipinski definition) is 3. The van der Waals surface area contributed by atoms with Crippen molar-refractivity contribution in [2.45, 2.75) is 29.9 Å². The summed E-state index contributed by atoms with van der Waals surface area (Å²) in [5.74, 6) is -8.09. The SMILES string of the molecule is O=C1CCN(c2ccc(C3(F)C(F)(C(=O)O)C=CC(F)C3(F)F)cc2)C(=O)N1. The van der Waals surface area contributed by atoms with Crippen LogP contribution in [0.2, 0.25) is 0 Å². The predicted octanol–water partition coefficient (Wildman–Crippen LogP) is 2.63. The average molecular weight is 404 g/mol. The van der Waals surface area contributed by atoms with Crippen LogP contribution in [-0.4, -0.2) is 47.3 Å². The summed E-state index contributed by atoms with van der Waals surface area (Å²) < 4.78 is 72.6. The Bertz CT molecular complexity index is 875. The number of imide groups is 1. The molecule has 6 nitrogen and oxygen atoms in total. The number of halogens is 5. The predicted molar refractivity (Wildman–Crippen MR) is 85.2 cm³/mol. The number of alkyl halides is 5. The van der Waals surface area contributed by atoms with Crippen LogP contribution in [0, 0.1) is 0 Å². The van der Waals surface area contributed by atoms with Gasteiger partial charge in [0, 0.05) is 18.7 Å². The Balaban J connectivity index is 2.05. The van der Waals surface area contributed by atoms with Crippen LogP contribution in [0.5, 0.6) is 0 Å². The van der Waals surface area contributed by atoms with Gasteiger partial charge >= 0.3 is 17.9 Å². The lowest BCUT2D eigenvalue weighted by atomic mass is 9.71. The fourth-order valence-corrected chi connectivity index (χ4v) is 3.19. The van der Waals surface area contributed by atoms with Crippen molar-refractivity contribution in [1.29, 1.82) is 0 Å². The first kappa shape index (κ1) is 19.8. The number of urea groups is 1. The van der Waals surface area contributed by atoms with Crippen molar-refractivity contribution in [3.63, 3.8) is 0 Å². The molecule has 0 aromatic heterocycles. The molecule has 3 rings (SSSR count). The van der Waals surface area contributed by atoms with E-state index >= 15 is 4.39 Å². The summed E-state index contributed by atoms with van der Waals surface area (Å²) in [5, 5.41) is 11.0. The maximum atomic E-state index is 15.4. The Kier molecular flexibility index (Phi) is 4.43. The van der Waals surface area contributed by atoms with Crippen LogP contribution in [0.15, 0.2) is 36.4 Å². The number of carbonyl (C=O) groups is 3. The molecule has 1 aliphatic heterocycles. The van der Waals surface area contributed by atoms with Gasteiger partial charge in [-0.2, -0.15) is 8.78 Å². The van der Waals surface area contributed by atoms with Gasteiger partial charge in [-0.15, -0.1) is 0 Å². The number of allylic oxidation sites excluding steroid dienone is 1. The minimum Gasteiger partial charge on any atom is -0.479 e. The maximum absolute atomic E-state index is 15.4. The van der Waals surface area contributed by atoms with E-state index in [1.54, 1.807) is 0 Å². The zero-order chi connectivity index (χ0) is 20.9. The molecule has 28 heavy (non-hydrogen) atoms. The molecule has 1 fully saturated rings. The highest BCUT2D eigenvalue weighted by Gasteiger charge is 2.76. The number of carboxylic acids is 1. The van der Waals surface area contributed by atoms with Crippen molar-refractivity contribution < 1.29 is 41.4 Å². The number of anilines is 1. The molecule has 1 heterocycles. The molecule has 1 aromatic carbocycles. The van der Waals surface area contributed by atoms with E-state index in [1.165, 1.54) is 0 Å². The highest BCUT2D eigenvalue weighted by Crippen LogP contribution is 2.56. The number of aliphatic carboxylic acids is 1. The summed E-state index contributed by atoms with van der Waals surface area (Å²) in [6, 6.07) is 2.43. The third-order valence-electron chi connectivity index (χ3n) is 4.74. The number of amides is 3. The summed E-state index contributed by atoms with van der Waals surface area (Å²) in [6.07, 6.45) is -3.40. The van der Waals surface area contributed by atoms with E-state index in [4.69, 9.17) is 5.11 Å². The second kappa shape index (κ2) is 6.28. The van der Waals surface area contributed by atoms with Gasteiger partial charge in [0.15, 0.2) is 6.17 Å². The summed E-state index contributed by atoms with van der Waals surface area (Å²) in [7, 11) is 0. The van der Waals surface area contributed by atoms with E-state index in [1.807, 2.05) is 5.32 Å². The van der Waals surface area contributed by atoms with Gasteiger partial charge < -0.3 is 5.11 Å². The highest BCUT2D eigenvalue weighted by atomic mass is 19.3. The first-order valence-corrected chi connectivity index (χ1v) is 7.99. The lowest BCUT2D eigenvalue weighted by Gasteiger charge is -2.43. The van der Waals surface area contributed by atoms with Crippen molar-refractivity contribution in [2.75, 3.05) is 11.4 Å². The Morgan fingerprint density at radius 3 is 2.29 bits per heavy atom. The van der Waals surface area contributed by atoms with Gasteiger partial charge in [-0.25, -0.2) is 22.8 Å². The molecule has 3 amide bonds. The number of benzene rings is 1. The van der Waals surface area contributed by atoms with Gasteiger partial charge in [-0.05, 0) is 29.8 Å². The average Bonchev–Trinajstić information content (AvgIpc) is 2.64. The Morgan fingerprint density at radius 2 is 1.75 bits per heavy atom. The van der Waals surface area contributed by atoms with Crippen molar-refractivity contribution in [3.8, 4) is 0 Å². The standard InChI is InChI=1S/C17H13F5N2O4/c18-11-5-7-15(19,13(26)27)16(20,17(11,21)22)9-1-3-10(4-2-9)24-8-6-12(25)23-14(24)28/h1-5,7,11H,6,8H2,(H,26,27)(H,23,25,28). The summed E-state index contributed by atoms with van der Waals surface area (Å²) in [4.78, 5) is 35.2. The van der Waals surface area contributed by atoms with Crippen molar-refractivity contribution in [2.24, 2.45) is 0 Å². The van der Waals surface area contributed by atoms with E-state index in [9.17, 15) is 31.9 Å². The monoisotopic (exact) mass is 404 g/mol. The van der Waals surface area contributed by atoms with Crippen LogP contribution in [0.1, 0.15) is 12.0 Å². The fourth-order valence-electron chi connectivity index (χ4n) is 3.19. The van der Waals surface area contributed by atoms with Crippen molar-refractivity contribution in [1.82, 2.24) is 5.32 Å². The molecule has 3 atom stereocenters. The number of nitrogens with zero attached hydrogens (tertiary/aromatic N) is 1. The van der Waals surface area contributed by atoms with Crippen molar-refractivity contribution >= 4 is 23.6 Å². The van der Waals surface area contributed by atoms with Crippen LogP contribution < -0.4 is 10.2 Å². The van der Waals surface area contributed by atoms with E-state index in [0.29, 0.717) is 12.1 Å². The Hall–Kier alpha value is -2.98. The van der Waals surface area contributed by atoms with Crippen LogP contribution >= 0.6 is 0 Å². The molecule has 2 aliphatic rings. The first-order chi connectivity index (χ1) is 12.9. The second-order valence-electron chi connectivity index (χ2n) is 6.36. The van der Waals surface area contributed by atoms with Crippen LogP contribution in [-0.2, 0) is 15.3 Å². The third kappa shape index (κ3) is 2.56. The molecule has 0 radical (unpaired) electrons. The Morgan fingerprint density at radius 1 is 1.14 bits per heavy atom. The molecule has 2 N–H and O–H groups in total. The number of carboxylic acid groups (broad SMARTS) is 1. The van der Waals surface area contributed by atoms with Gasteiger partial charge in [0.05, 0.1) is 0 Å². The van der Waals surface area contributed by atoms with Gasteiger partial charge in [0.2, 0.25) is 11.6 Å². The largest absolute Gasteiger partial charge is 0.479 e. The molecular weight excluding hydrogens is 391 g/mol. The number of nitrogens with one attached hydrogen (secondary N) is 1. The summed E-state index contributed by atoms with van der Waals surface area (Å²) in [6.45, 7) is -0.0432. The maximum Gasteiger partial charge on any atom is 0.349 e. The molecular formula is C17H13F5N2O4. The van der Waals surface area contributed by atoms with Crippen LogP contribution in [0.3, 0.4) is 0 Å². The molecule has 3 unspecified atom stereocenters. The fraction of sp³-hybridized carbons (Fsp3) is 0.353. The quantitative estimate of drug-likeness (QED) is 0.599. The molecule has 1 saturated heterocycles. The van der Waals surface area contributed by atoms with Gasteiger partial charge in [0.25, 0.3) is 5.67 Å². The number of hydrogen-bond donors (Lipinski definition) is 2. The summed E-state index contributed by atoms with van der Waals surface area (Å²) >= 11 is 0. The number of rotatable bonds is 3. The Labute approximate surface area is 154 Å². The number of carbonyl (C=O) groups excluding carboxylic acids is 2. The van der Waals surface area contributed by atoms with E-state index in [0.717, 1.165) is 17.0 Å². The normalized spacial score (nSPS) is 32.2. The first-order valence-electron chi connectivity index (χ1n) is 7.99. The molecule has 11 heteroatoms. The second-order valence-corrected chi connectivity index (χ2v) is 6.36. The lowest BCUT2D eigenvalue weighted by molar-refractivity contribution is -0.231. The van der Waals surface area contributed by atoms with E-state index < -0.39 is 46.9 Å². The molecule has 150 valence electrons. The van der Waals surface area contributed by atoms with E-state index in [2.05, 4.69) is 0 Å². The molecule has 1 aromatic rings. The van der Waals surface area contributed by atoms with Crippen LogP contribution in [0.25, 0.3) is 0 Å². The molecule has 0 spiro atoms. The third-order valence-corrected chi connectivity index (χ3v) is 4.74. The zero-order valence-electron chi connectivity index (χ0n) is 14.0. The lowest BCUT2D eigenvalue weighted by Crippen LogP contribution is -2.64. The summed E-state index contributed by atoms with van der Waals surface area (Å²) in [5.41, 5.74) is -9.83. The van der Waals surface area contributed by atoms with Gasteiger partial charge in [-0.3, -0.25) is 15.0 Å². The van der Waals surface area contributed by atoms with E-state index in [-0.39, 0.29) is 30.8 Å². The van der Waals surface area contributed by atoms with Crippen LogP contribution in [0.4, 0.5) is 32.4 Å². The van der Waals surface area contributed by atoms with Gasteiger partial charge in [-0.1, -0.05) is 12.1 Å². The molecule has 1 aliphatic carbocycles. The highest BCUT2D eigenvalue weighted by molar-refractivity contribution is 6.05.